The van der Waals surface area contributed by atoms with Crippen LogP contribution in [0.1, 0.15) is 11.3 Å². The van der Waals surface area contributed by atoms with Gasteiger partial charge in [-0.05, 0) is 6.07 Å². The Morgan fingerprint density at radius 1 is 1.44 bits per heavy atom. The number of H-pyrrole nitrogens is 2. The maximum Gasteiger partial charge on any atom is 0.347 e. The molecule has 0 saturated carbocycles. The standard InChI is InChI=1S/C12H15N5O/c1-17(8-2-4-13-6-8)11-9-7-14-5-3-10(9)15-12(18)16-11/h2,4,6,13-14H,3,5,7H2,1H3,(H,15,16,18). The molecular weight excluding hydrogens is 230 g/mol. The number of aromatic amines is 2. The Balaban J connectivity index is 2.11. The molecule has 2 aromatic heterocycles. The van der Waals surface area contributed by atoms with Crippen molar-refractivity contribution in [2.75, 3.05) is 18.5 Å². The molecule has 3 rings (SSSR count). The smallest absolute Gasteiger partial charge is 0.347 e. The van der Waals surface area contributed by atoms with Gasteiger partial charge in [-0.2, -0.15) is 4.98 Å². The quantitative estimate of drug-likeness (QED) is 0.720. The van der Waals surface area contributed by atoms with E-state index in [4.69, 9.17) is 0 Å². The van der Waals surface area contributed by atoms with Crippen molar-refractivity contribution in [2.45, 2.75) is 13.0 Å². The van der Waals surface area contributed by atoms with Gasteiger partial charge in [0.1, 0.15) is 5.82 Å². The molecule has 0 aliphatic carbocycles. The number of nitrogens with one attached hydrogen (secondary N) is 3. The molecule has 0 fully saturated rings. The molecule has 0 bridgehead atoms. The third-order valence-corrected chi connectivity index (χ3v) is 3.24. The lowest BCUT2D eigenvalue weighted by Gasteiger charge is -2.24. The van der Waals surface area contributed by atoms with Gasteiger partial charge in [-0.3, -0.25) is 0 Å². The van der Waals surface area contributed by atoms with Gasteiger partial charge in [0.2, 0.25) is 0 Å². The summed E-state index contributed by atoms with van der Waals surface area (Å²) in [7, 11) is 1.92. The van der Waals surface area contributed by atoms with Crippen molar-refractivity contribution in [3.8, 4) is 0 Å². The van der Waals surface area contributed by atoms with Crippen LogP contribution < -0.4 is 15.9 Å². The van der Waals surface area contributed by atoms with E-state index in [1.165, 1.54) is 0 Å². The van der Waals surface area contributed by atoms with E-state index in [0.717, 1.165) is 42.3 Å². The molecule has 0 spiro atoms. The molecular formula is C12H15N5O. The third kappa shape index (κ3) is 1.80. The summed E-state index contributed by atoms with van der Waals surface area (Å²) in [5.74, 6) is 0.723. The number of hydrogen-bond donors (Lipinski definition) is 3. The zero-order chi connectivity index (χ0) is 12.5. The largest absolute Gasteiger partial charge is 0.366 e. The van der Waals surface area contributed by atoms with Crippen LogP contribution in [0.4, 0.5) is 11.5 Å². The summed E-state index contributed by atoms with van der Waals surface area (Å²) in [4.78, 5) is 23.5. The minimum atomic E-state index is -0.284. The number of aromatic nitrogens is 3. The van der Waals surface area contributed by atoms with E-state index in [1.807, 2.05) is 30.4 Å². The fourth-order valence-electron chi connectivity index (χ4n) is 2.28. The second-order valence-corrected chi connectivity index (χ2v) is 4.38. The summed E-state index contributed by atoms with van der Waals surface area (Å²) in [6, 6.07) is 1.95. The van der Waals surface area contributed by atoms with Crippen LogP contribution in [-0.2, 0) is 13.0 Å². The monoisotopic (exact) mass is 245 g/mol. The Hall–Kier alpha value is -2.08. The SMILES string of the molecule is CN(c1cc[nH]c1)c1nc(=O)[nH]c2c1CNCC2. The van der Waals surface area contributed by atoms with Gasteiger partial charge in [-0.25, -0.2) is 4.79 Å². The Kier molecular flexibility index (Phi) is 2.64. The number of anilines is 2. The van der Waals surface area contributed by atoms with E-state index in [0.29, 0.717) is 0 Å². The first-order chi connectivity index (χ1) is 8.75. The summed E-state index contributed by atoms with van der Waals surface area (Å²) >= 11 is 0. The summed E-state index contributed by atoms with van der Waals surface area (Å²) in [6.07, 6.45) is 4.57. The van der Waals surface area contributed by atoms with Crippen LogP contribution in [0.3, 0.4) is 0 Å². The van der Waals surface area contributed by atoms with Gasteiger partial charge in [0.15, 0.2) is 0 Å². The lowest BCUT2D eigenvalue weighted by atomic mass is 10.1. The van der Waals surface area contributed by atoms with Gasteiger partial charge in [0, 0.05) is 50.2 Å². The normalized spacial score (nSPS) is 14.3. The molecule has 0 aromatic carbocycles. The summed E-state index contributed by atoms with van der Waals surface area (Å²) in [5, 5.41) is 3.30. The third-order valence-electron chi connectivity index (χ3n) is 3.24. The molecule has 0 radical (unpaired) electrons. The van der Waals surface area contributed by atoms with Crippen molar-refractivity contribution in [1.82, 2.24) is 20.3 Å². The van der Waals surface area contributed by atoms with Crippen LogP contribution in [-0.4, -0.2) is 28.5 Å². The van der Waals surface area contributed by atoms with Gasteiger partial charge < -0.3 is 20.2 Å². The van der Waals surface area contributed by atoms with Gasteiger partial charge in [-0.1, -0.05) is 0 Å². The molecule has 0 saturated heterocycles. The molecule has 6 nitrogen and oxygen atoms in total. The van der Waals surface area contributed by atoms with Crippen molar-refractivity contribution in [3.05, 3.63) is 40.2 Å². The highest BCUT2D eigenvalue weighted by Crippen LogP contribution is 2.26. The van der Waals surface area contributed by atoms with E-state index in [2.05, 4.69) is 20.3 Å². The second kappa shape index (κ2) is 4.30. The molecule has 1 aliphatic rings. The van der Waals surface area contributed by atoms with Crippen LogP contribution in [0.5, 0.6) is 0 Å². The zero-order valence-electron chi connectivity index (χ0n) is 10.2. The molecule has 1 aliphatic heterocycles. The van der Waals surface area contributed by atoms with Crippen LogP contribution >= 0.6 is 0 Å². The van der Waals surface area contributed by atoms with Gasteiger partial charge in [0.05, 0.1) is 5.69 Å². The molecule has 0 atom stereocenters. The first kappa shape index (κ1) is 11.0. The zero-order valence-corrected chi connectivity index (χ0v) is 10.2. The van der Waals surface area contributed by atoms with Gasteiger partial charge in [-0.15, -0.1) is 0 Å². The van der Waals surface area contributed by atoms with Gasteiger partial charge in [0.25, 0.3) is 0 Å². The van der Waals surface area contributed by atoms with Crippen LogP contribution in [0.15, 0.2) is 23.3 Å². The molecule has 0 amide bonds. The fraction of sp³-hybridized carbons (Fsp3) is 0.333. The van der Waals surface area contributed by atoms with Crippen LogP contribution in [0, 0.1) is 0 Å². The Morgan fingerprint density at radius 2 is 2.33 bits per heavy atom. The maximum absolute atomic E-state index is 11.6. The summed E-state index contributed by atoms with van der Waals surface area (Å²) in [5.41, 5.74) is 2.77. The number of nitrogens with zero attached hydrogens (tertiary/aromatic N) is 2. The van der Waals surface area contributed by atoms with Crippen molar-refractivity contribution >= 4 is 11.5 Å². The lowest BCUT2D eigenvalue weighted by Crippen LogP contribution is -2.31. The Labute approximate surface area is 104 Å². The van der Waals surface area contributed by atoms with Gasteiger partial charge >= 0.3 is 5.69 Å². The summed E-state index contributed by atoms with van der Waals surface area (Å²) in [6.45, 7) is 1.63. The topological polar surface area (TPSA) is 76.8 Å². The lowest BCUT2D eigenvalue weighted by molar-refractivity contribution is 0.622. The number of hydrogen-bond acceptors (Lipinski definition) is 4. The molecule has 94 valence electrons. The summed E-state index contributed by atoms with van der Waals surface area (Å²) < 4.78 is 0. The van der Waals surface area contributed by atoms with Crippen molar-refractivity contribution < 1.29 is 0 Å². The van der Waals surface area contributed by atoms with E-state index < -0.39 is 0 Å². The first-order valence-corrected chi connectivity index (χ1v) is 5.95. The van der Waals surface area contributed by atoms with Crippen LogP contribution in [0.25, 0.3) is 0 Å². The van der Waals surface area contributed by atoms with Crippen molar-refractivity contribution in [3.63, 3.8) is 0 Å². The predicted molar refractivity (Wildman–Crippen MR) is 69.1 cm³/mol. The number of rotatable bonds is 2. The second-order valence-electron chi connectivity index (χ2n) is 4.38. The van der Waals surface area contributed by atoms with Crippen LogP contribution in [0.2, 0.25) is 0 Å². The van der Waals surface area contributed by atoms with E-state index in [-0.39, 0.29) is 5.69 Å². The molecule has 6 heteroatoms. The number of fused-ring (bicyclic) bond motifs is 1. The molecule has 0 unspecified atom stereocenters. The predicted octanol–water partition coefficient (Wildman–Crippen LogP) is 0.512. The minimum absolute atomic E-state index is 0.284. The van der Waals surface area contributed by atoms with Crippen molar-refractivity contribution in [2.24, 2.45) is 0 Å². The highest BCUT2D eigenvalue weighted by Gasteiger charge is 2.19. The average molecular weight is 245 g/mol. The molecule has 3 heterocycles. The van der Waals surface area contributed by atoms with Crippen molar-refractivity contribution in [1.29, 1.82) is 0 Å². The maximum atomic E-state index is 11.6. The molecule has 18 heavy (non-hydrogen) atoms. The average Bonchev–Trinajstić information content (AvgIpc) is 2.90. The highest BCUT2D eigenvalue weighted by atomic mass is 16.1. The van der Waals surface area contributed by atoms with E-state index in [1.54, 1.807) is 0 Å². The molecule has 2 aromatic rings. The highest BCUT2D eigenvalue weighted by molar-refractivity contribution is 5.62. The Morgan fingerprint density at radius 3 is 3.11 bits per heavy atom. The fourth-order valence-corrected chi connectivity index (χ4v) is 2.28. The van der Waals surface area contributed by atoms with E-state index in [9.17, 15) is 4.79 Å². The molecule has 3 N–H and O–H groups in total. The minimum Gasteiger partial charge on any atom is -0.366 e. The Bertz CT molecular complexity index is 601. The van der Waals surface area contributed by atoms with E-state index >= 15 is 0 Å². The first-order valence-electron chi connectivity index (χ1n) is 5.95.